The lowest BCUT2D eigenvalue weighted by Crippen LogP contribution is -2.47. The van der Waals surface area contributed by atoms with Crippen LogP contribution in [0.4, 0.5) is 13.2 Å². The van der Waals surface area contributed by atoms with Gasteiger partial charge in [0.1, 0.15) is 6.04 Å². The van der Waals surface area contributed by atoms with Gasteiger partial charge in [-0.1, -0.05) is 36.4 Å². The van der Waals surface area contributed by atoms with Crippen molar-refractivity contribution in [2.45, 2.75) is 56.5 Å². The smallest absolute Gasteiger partial charge is 0.267 e. The van der Waals surface area contributed by atoms with Crippen molar-refractivity contribution in [3.05, 3.63) is 82.7 Å². The second-order valence-electron chi connectivity index (χ2n) is 9.67. The van der Waals surface area contributed by atoms with Gasteiger partial charge in [-0.25, -0.2) is 13.8 Å². The van der Waals surface area contributed by atoms with Crippen molar-refractivity contribution in [1.29, 1.82) is 0 Å². The van der Waals surface area contributed by atoms with E-state index in [4.69, 9.17) is 0 Å². The van der Waals surface area contributed by atoms with E-state index in [1.807, 2.05) is 30.3 Å². The van der Waals surface area contributed by atoms with E-state index in [9.17, 15) is 22.8 Å². The number of carbonyl (C=O) groups is 2. The number of likely N-dealkylation sites (tertiary alicyclic amines) is 1. The van der Waals surface area contributed by atoms with Crippen LogP contribution >= 0.6 is 0 Å². The number of hydrogen-bond donors (Lipinski definition) is 1. The maximum absolute atomic E-state index is 14.8. The van der Waals surface area contributed by atoms with Crippen molar-refractivity contribution in [3.63, 3.8) is 0 Å². The Morgan fingerprint density at radius 3 is 2.54 bits per heavy atom. The molecule has 10 heteroatoms. The average molecular weight is 512 g/mol. The predicted octanol–water partition coefficient (Wildman–Crippen LogP) is 4.21. The van der Waals surface area contributed by atoms with Crippen molar-refractivity contribution in [3.8, 4) is 0 Å². The molecule has 3 heterocycles. The number of benzene rings is 1. The molecule has 0 unspecified atom stereocenters. The molecule has 2 aromatic heterocycles. The van der Waals surface area contributed by atoms with Gasteiger partial charge in [0.05, 0.1) is 29.4 Å². The first-order valence-electron chi connectivity index (χ1n) is 12.4. The highest BCUT2D eigenvalue weighted by molar-refractivity contribution is 5.89. The molecule has 194 valence electrons. The summed E-state index contributed by atoms with van der Waals surface area (Å²) in [6.07, 6.45) is 1.06. The van der Waals surface area contributed by atoms with Crippen LogP contribution in [0.15, 0.2) is 48.7 Å². The Bertz CT molecular complexity index is 1290. The Labute approximate surface area is 212 Å². The molecule has 2 atom stereocenters. The number of nitrogens with zero attached hydrogens (tertiary/aromatic N) is 4. The van der Waals surface area contributed by atoms with E-state index < -0.39 is 36.3 Å². The highest BCUT2D eigenvalue weighted by Crippen LogP contribution is 2.41. The number of halogens is 3. The van der Waals surface area contributed by atoms with Gasteiger partial charge in [-0.05, 0) is 43.2 Å². The second-order valence-corrected chi connectivity index (χ2v) is 9.67. The van der Waals surface area contributed by atoms with Gasteiger partial charge < -0.3 is 10.2 Å². The first kappa shape index (κ1) is 25.0. The van der Waals surface area contributed by atoms with E-state index in [0.717, 1.165) is 18.4 Å². The lowest BCUT2D eigenvalue weighted by molar-refractivity contribution is -0.138. The van der Waals surface area contributed by atoms with E-state index in [1.54, 1.807) is 12.1 Å². The van der Waals surface area contributed by atoms with Gasteiger partial charge in [-0.2, -0.15) is 9.49 Å². The molecule has 2 amide bonds. The zero-order valence-corrected chi connectivity index (χ0v) is 20.4. The summed E-state index contributed by atoms with van der Waals surface area (Å²) < 4.78 is 42.8. The number of amides is 2. The molecule has 2 aliphatic rings. The molecule has 5 rings (SSSR count). The van der Waals surface area contributed by atoms with Crippen molar-refractivity contribution in [2.24, 2.45) is 7.05 Å². The molecule has 3 aromatic rings. The highest BCUT2D eigenvalue weighted by Gasteiger charge is 2.36. The maximum Gasteiger partial charge on any atom is 0.267 e. The summed E-state index contributed by atoms with van der Waals surface area (Å²) in [5.41, 5.74) is 1.40. The molecule has 1 saturated heterocycles. The van der Waals surface area contributed by atoms with Crippen LogP contribution in [0.25, 0.3) is 0 Å². The number of rotatable bonds is 8. The van der Waals surface area contributed by atoms with Crippen LogP contribution in [0.5, 0.6) is 0 Å². The van der Waals surface area contributed by atoms with Gasteiger partial charge in [-0.3, -0.25) is 14.3 Å². The Kier molecular flexibility index (Phi) is 6.99. The molecule has 0 bridgehead atoms. The molecule has 1 aliphatic carbocycles. The van der Waals surface area contributed by atoms with Gasteiger partial charge in [0.15, 0.2) is 0 Å². The summed E-state index contributed by atoms with van der Waals surface area (Å²) in [6, 6.07) is 11.1. The maximum atomic E-state index is 14.8. The van der Waals surface area contributed by atoms with Crippen LogP contribution in [0, 0.1) is 5.95 Å². The van der Waals surface area contributed by atoms with Crippen LogP contribution in [-0.2, 0) is 23.1 Å². The zero-order valence-electron chi connectivity index (χ0n) is 20.4. The summed E-state index contributed by atoms with van der Waals surface area (Å²) in [5, 5.41) is 6.98. The molecular formula is C27H28F3N5O2. The minimum Gasteiger partial charge on any atom is -0.342 e. The van der Waals surface area contributed by atoms with E-state index in [1.165, 1.54) is 22.8 Å². The summed E-state index contributed by atoms with van der Waals surface area (Å²) in [7, 11) is 1.52. The molecule has 2 fully saturated rings. The lowest BCUT2D eigenvalue weighted by Gasteiger charge is -2.27. The molecule has 1 aromatic carbocycles. The topological polar surface area (TPSA) is 80.1 Å². The van der Waals surface area contributed by atoms with Crippen LogP contribution in [0.2, 0.25) is 0 Å². The van der Waals surface area contributed by atoms with Crippen molar-refractivity contribution >= 4 is 11.8 Å². The summed E-state index contributed by atoms with van der Waals surface area (Å²) in [6.45, 7) is 0.340. The summed E-state index contributed by atoms with van der Waals surface area (Å²) >= 11 is 0. The quantitative estimate of drug-likeness (QED) is 0.460. The van der Waals surface area contributed by atoms with Gasteiger partial charge in [0.25, 0.3) is 6.43 Å². The van der Waals surface area contributed by atoms with Gasteiger partial charge >= 0.3 is 0 Å². The summed E-state index contributed by atoms with van der Waals surface area (Å²) in [4.78, 5) is 32.1. The minimum absolute atomic E-state index is 0.00569. The molecule has 1 aliphatic heterocycles. The van der Waals surface area contributed by atoms with Crippen LogP contribution in [0.1, 0.15) is 72.1 Å². The number of alkyl halides is 2. The van der Waals surface area contributed by atoms with E-state index >= 15 is 0 Å². The van der Waals surface area contributed by atoms with Crippen molar-refractivity contribution < 1.29 is 22.8 Å². The Morgan fingerprint density at radius 1 is 1.11 bits per heavy atom. The number of hydrogen-bond acceptors (Lipinski definition) is 4. The Morgan fingerprint density at radius 2 is 1.86 bits per heavy atom. The normalized spacial score (nSPS) is 18.3. The molecule has 1 N–H and O–H groups in total. The average Bonchev–Trinajstić information content (AvgIpc) is 3.46. The van der Waals surface area contributed by atoms with E-state index in [-0.39, 0.29) is 23.6 Å². The first-order chi connectivity index (χ1) is 17.8. The standard InChI is InChI=1S/C27H28F3N5O2/c1-34-15-19(25(28)29)21(33-34)14-23(36)35-13-5-8-22(35)27(37)32-24(17-6-3-2-4-7-17)20-12-11-18(16-9-10-16)26(30)31-20/h2-4,6-7,11-12,15-16,22,24-25H,5,8-10,13-14H2,1H3,(H,32,37)/t22-,24-/m0/s1. The largest absolute Gasteiger partial charge is 0.342 e. The van der Waals surface area contributed by atoms with Crippen LogP contribution in [-0.4, -0.2) is 44.1 Å². The third kappa shape index (κ3) is 5.38. The number of aryl methyl sites for hydroxylation is 1. The predicted molar refractivity (Wildman–Crippen MR) is 129 cm³/mol. The van der Waals surface area contributed by atoms with E-state index in [2.05, 4.69) is 15.4 Å². The number of nitrogens with one attached hydrogen (secondary N) is 1. The third-order valence-corrected chi connectivity index (χ3v) is 7.00. The number of carbonyl (C=O) groups excluding carboxylic acids is 2. The van der Waals surface area contributed by atoms with Crippen LogP contribution in [0.3, 0.4) is 0 Å². The Balaban J connectivity index is 1.35. The SMILES string of the molecule is Cn1cc(C(F)F)c(CC(=O)N2CCC[C@H]2C(=O)N[C@@H](c2ccccc2)c2ccc(C3CC3)c(F)n2)n1. The molecule has 0 spiro atoms. The molecule has 7 nitrogen and oxygen atoms in total. The number of aromatic nitrogens is 3. The molecule has 1 saturated carbocycles. The first-order valence-corrected chi connectivity index (χ1v) is 12.4. The van der Waals surface area contributed by atoms with Crippen molar-refractivity contribution in [2.75, 3.05) is 6.54 Å². The minimum atomic E-state index is -2.75. The fourth-order valence-corrected chi connectivity index (χ4v) is 4.99. The fraction of sp³-hybridized carbons (Fsp3) is 0.407. The molecule has 37 heavy (non-hydrogen) atoms. The Hall–Kier alpha value is -3.69. The van der Waals surface area contributed by atoms with Crippen LogP contribution < -0.4 is 5.32 Å². The number of pyridine rings is 1. The molecular weight excluding hydrogens is 483 g/mol. The van der Waals surface area contributed by atoms with Crippen molar-refractivity contribution in [1.82, 2.24) is 25.0 Å². The monoisotopic (exact) mass is 511 g/mol. The van der Waals surface area contributed by atoms with Gasteiger partial charge in [0.2, 0.25) is 17.8 Å². The fourth-order valence-electron chi connectivity index (χ4n) is 4.99. The second kappa shape index (κ2) is 10.4. The third-order valence-electron chi connectivity index (χ3n) is 7.00. The summed E-state index contributed by atoms with van der Waals surface area (Å²) in [5.74, 6) is -1.16. The zero-order chi connectivity index (χ0) is 26.1. The molecule has 0 radical (unpaired) electrons. The van der Waals surface area contributed by atoms with E-state index in [0.29, 0.717) is 30.6 Å². The van der Waals surface area contributed by atoms with Gasteiger partial charge in [-0.15, -0.1) is 0 Å². The lowest BCUT2D eigenvalue weighted by atomic mass is 10.0. The van der Waals surface area contributed by atoms with Gasteiger partial charge in [0, 0.05) is 25.4 Å². The highest BCUT2D eigenvalue weighted by atomic mass is 19.3.